The number of aromatic nitrogens is 1. The van der Waals surface area contributed by atoms with Crippen LogP contribution in [0.25, 0.3) is 12.2 Å². The van der Waals surface area contributed by atoms with Crippen LogP contribution < -0.4 is 4.98 Å². The average Bonchev–Trinajstić information content (AvgIpc) is 2.38. The fourth-order valence-electron chi connectivity index (χ4n) is 1.39. The fourth-order valence-corrected chi connectivity index (χ4v) is 1.39. The molecule has 1 heterocycles. The number of aromatic amines is 1. The Morgan fingerprint density at radius 2 is 1.25 bits per heavy atom. The van der Waals surface area contributed by atoms with Gasteiger partial charge in [0.1, 0.15) is 6.29 Å². The molecule has 0 fully saturated rings. The van der Waals surface area contributed by atoms with Crippen LogP contribution in [0.15, 0.2) is 48.8 Å². The predicted octanol–water partition coefficient (Wildman–Crippen LogP) is 2.48. The Labute approximate surface area is 94.3 Å². The van der Waals surface area contributed by atoms with Crippen LogP contribution >= 0.6 is 0 Å². The molecule has 0 saturated carbocycles. The van der Waals surface area contributed by atoms with Gasteiger partial charge in [-0.15, -0.1) is 0 Å². The van der Waals surface area contributed by atoms with E-state index in [0.29, 0.717) is 5.56 Å². The molecular formula is C14H12NO+. The van der Waals surface area contributed by atoms with Gasteiger partial charge in [0.05, 0.1) is 0 Å². The SMILES string of the molecule is O=Cc1ccc(/C=C/c2cc[nH+]cc2)cc1. The molecule has 1 aromatic carbocycles. The number of benzene rings is 1. The van der Waals surface area contributed by atoms with Gasteiger partial charge in [0.2, 0.25) is 0 Å². The topological polar surface area (TPSA) is 31.2 Å². The summed E-state index contributed by atoms with van der Waals surface area (Å²) in [5.74, 6) is 0. The molecule has 0 spiro atoms. The molecule has 0 aliphatic carbocycles. The first-order valence-electron chi connectivity index (χ1n) is 5.08. The molecule has 2 heteroatoms. The summed E-state index contributed by atoms with van der Waals surface area (Å²) in [6, 6.07) is 11.5. The van der Waals surface area contributed by atoms with E-state index in [1.807, 2.05) is 60.9 Å². The zero-order chi connectivity index (χ0) is 11.2. The maximum atomic E-state index is 10.5. The molecule has 0 radical (unpaired) electrons. The first-order chi connectivity index (χ1) is 7.88. The van der Waals surface area contributed by atoms with Crippen LogP contribution in [0.4, 0.5) is 0 Å². The van der Waals surface area contributed by atoms with E-state index in [1.165, 1.54) is 0 Å². The monoisotopic (exact) mass is 210 g/mol. The van der Waals surface area contributed by atoms with Gasteiger partial charge in [0, 0.05) is 17.7 Å². The highest BCUT2D eigenvalue weighted by atomic mass is 16.1. The van der Waals surface area contributed by atoms with E-state index >= 15 is 0 Å². The van der Waals surface area contributed by atoms with Gasteiger partial charge < -0.3 is 0 Å². The van der Waals surface area contributed by atoms with Gasteiger partial charge in [-0.05, 0) is 11.1 Å². The number of aldehydes is 1. The number of hydrogen-bond acceptors (Lipinski definition) is 1. The van der Waals surface area contributed by atoms with Crippen molar-refractivity contribution >= 4 is 18.4 Å². The molecule has 78 valence electrons. The molecular weight excluding hydrogens is 198 g/mol. The van der Waals surface area contributed by atoms with E-state index in [-0.39, 0.29) is 0 Å². The highest BCUT2D eigenvalue weighted by Crippen LogP contribution is 2.07. The molecule has 16 heavy (non-hydrogen) atoms. The van der Waals surface area contributed by atoms with Crippen LogP contribution in [0, 0.1) is 0 Å². The zero-order valence-electron chi connectivity index (χ0n) is 8.76. The van der Waals surface area contributed by atoms with Gasteiger partial charge in [-0.2, -0.15) is 0 Å². The number of hydrogen-bond donors (Lipinski definition) is 0. The van der Waals surface area contributed by atoms with E-state index < -0.39 is 0 Å². The lowest BCUT2D eigenvalue weighted by molar-refractivity contribution is -0.378. The minimum Gasteiger partial charge on any atom is -0.298 e. The van der Waals surface area contributed by atoms with Crippen molar-refractivity contribution in [2.75, 3.05) is 0 Å². The third kappa shape index (κ3) is 2.64. The number of nitrogens with one attached hydrogen (secondary N) is 1. The number of carbonyl (C=O) groups is 1. The Morgan fingerprint density at radius 1 is 0.750 bits per heavy atom. The predicted molar refractivity (Wildman–Crippen MR) is 63.8 cm³/mol. The molecule has 0 aliphatic heterocycles. The second-order valence-corrected chi connectivity index (χ2v) is 3.45. The molecule has 0 saturated heterocycles. The van der Waals surface area contributed by atoms with E-state index in [4.69, 9.17) is 0 Å². The van der Waals surface area contributed by atoms with Gasteiger partial charge in [0.25, 0.3) is 0 Å². The lowest BCUT2D eigenvalue weighted by Gasteiger charge is -1.93. The van der Waals surface area contributed by atoms with Gasteiger partial charge in [-0.3, -0.25) is 4.79 Å². The molecule has 1 N–H and O–H groups in total. The zero-order valence-corrected chi connectivity index (χ0v) is 8.76. The molecule has 1 aromatic heterocycles. The van der Waals surface area contributed by atoms with Crippen LogP contribution in [0.2, 0.25) is 0 Å². The van der Waals surface area contributed by atoms with E-state index in [1.54, 1.807) is 0 Å². The summed E-state index contributed by atoms with van der Waals surface area (Å²) >= 11 is 0. The van der Waals surface area contributed by atoms with Crippen molar-refractivity contribution in [2.45, 2.75) is 0 Å². The maximum Gasteiger partial charge on any atom is 0.167 e. The fraction of sp³-hybridized carbons (Fsp3) is 0. The summed E-state index contributed by atoms with van der Waals surface area (Å²) in [5.41, 5.74) is 2.92. The quantitative estimate of drug-likeness (QED) is 0.716. The van der Waals surface area contributed by atoms with Gasteiger partial charge in [-0.1, -0.05) is 36.4 Å². The van der Waals surface area contributed by atoms with E-state index in [2.05, 4.69) is 4.98 Å². The largest absolute Gasteiger partial charge is 0.298 e. The summed E-state index contributed by atoms with van der Waals surface area (Å²) < 4.78 is 0. The first kappa shape index (κ1) is 10.3. The number of rotatable bonds is 3. The third-order valence-corrected chi connectivity index (χ3v) is 2.28. The Hall–Kier alpha value is -2.22. The van der Waals surface area contributed by atoms with Crippen molar-refractivity contribution in [2.24, 2.45) is 0 Å². The summed E-state index contributed by atoms with van der Waals surface area (Å²) in [6.07, 6.45) is 8.67. The average molecular weight is 210 g/mol. The number of pyridine rings is 1. The summed E-state index contributed by atoms with van der Waals surface area (Å²) in [5, 5.41) is 0. The molecule has 2 rings (SSSR count). The van der Waals surface area contributed by atoms with E-state index in [9.17, 15) is 4.79 Å². The molecule has 0 atom stereocenters. The molecule has 0 bridgehead atoms. The van der Waals surface area contributed by atoms with Crippen molar-refractivity contribution in [3.8, 4) is 0 Å². The molecule has 0 amide bonds. The second-order valence-electron chi connectivity index (χ2n) is 3.45. The summed E-state index contributed by atoms with van der Waals surface area (Å²) in [7, 11) is 0. The van der Waals surface area contributed by atoms with Crippen molar-refractivity contribution in [1.82, 2.24) is 0 Å². The highest BCUT2D eigenvalue weighted by Gasteiger charge is 1.90. The Kier molecular flexibility index (Phi) is 3.24. The van der Waals surface area contributed by atoms with Gasteiger partial charge in [0.15, 0.2) is 12.4 Å². The Morgan fingerprint density at radius 3 is 1.81 bits per heavy atom. The standard InChI is InChI=1S/C14H11NO/c16-11-14-5-3-12(4-6-14)1-2-13-7-9-15-10-8-13/h1-11H/p+1/b2-1+. The highest BCUT2D eigenvalue weighted by molar-refractivity contribution is 5.76. The number of carbonyl (C=O) groups excluding carboxylic acids is 1. The first-order valence-corrected chi connectivity index (χ1v) is 5.08. The van der Waals surface area contributed by atoms with Crippen LogP contribution in [0.5, 0.6) is 0 Å². The normalized spacial score (nSPS) is 10.5. The van der Waals surface area contributed by atoms with Gasteiger partial charge >= 0.3 is 0 Å². The van der Waals surface area contributed by atoms with Crippen LogP contribution in [0.3, 0.4) is 0 Å². The van der Waals surface area contributed by atoms with Crippen LogP contribution in [0.1, 0.15) is 21.5 Å². The summed E-state index contributed by atoms with van der Waals surface area (Å²) in [6.45, 7) is 0. The molecule has 0 unspecified atom stereocenters. The minimum absolute atomic E-state index is 0.700. The molecule has 2 aromatic rings. The van der Waals surface area contributed by atoms with Crippen molar-refractivity contribution in [3.63, 3.8) is 0 Å². The lowest BCUT2D eigenvalue weighted by Crippen LogP contribution is -1.96. The van der Waals surface area contributed by atoms with Crippen molar-refractivity contribution in [1.29, 1.82) is 0 Å². The Balaban J connectivity index is 2.14. The molecule has 2 nitrogen and oxygen atoms in total. The number of H-pyrrole nitrogens is 1. The van der Waals surface area contributed by atoms with Gasteiger partial charge in [-0.25, -0.2) is 4.98 Å². The summed E-state index contributed by atoms with van der Waals surface area (Å²) in [4.78, 5) is 13.4. The van der Waals surface area contributed by atoms with Crippen LogP contribution in [-0.4, -0.2) is 6.29 Å². The maximum absolute atomic E-state index is 10.5. The minimum atomic E-state index is 0.700. The van der Waals surface area contributed by atoms with E-state index in [0.717, 1.165) is 17.4 Å². The molecule has 0 aliphatic rings. The second kappa shape index (κ2) is 5.03. The van der Waals surface area contributed by atoms with Crippen LogP contribution in [-0.2, 0) is 0 Å². The van der Waals surface area contributed by atoms with Crippen molar-refractivity contribution in [3.05, 3.63) is 65.5 Å². The smallest absolute Gasteiger partial charge is 0.167 e. The Bertz CT molecular complexity index is 486. The third-order valence-electron chi connectivity index (χ3n) is 2.28. The van der Waals surface area contributed by atoms with Crippen molar-refractivity contribution < 1.29 is 9.78 Å². The lowest BCUT2D eigenvalue weighted by atomic mass is 10.1.